The molecule has 0 aliphatic heterocycles. The summed E-state index contributed by atoms with van der Waals surface area (Å²) in [6.07, 6.45) is 2.03. The van der Waals surface area contributed by atoms with Crippen molar-refractivity contribution < 1.29 is 0 Å². The van der Waals surface area contributed by atoms with Crippen LogP contribution in [0.5, 0.6) is 0 Å². The predicted molar refractivity (Wildman–Crippen MR) is 58.5 cm³/mol. The fourth-order valence-electron chi connectivity index (χ4n) is 1.61. The summed E-state index contributed by atoms with van der Waals surface area (Å²) in [7, 11) is 0. The lowest BCUT2D eigenvalue weighted by Gasteiger charge is -1.91. The largest absolute Gasteiger partial charge is 0.326 e. The SMILES string of the molecule is NCc1cc2c(nc3ccccn32)s1. The quantitative estimate of drug-likeness (QED) is 0.657. The van der Waals surface area contributed by atoms with Gasteiger partial charge in [0.05, 0.1) is 5.52 Å². The van der Waals surface area contributed by atoms with Gasteiger partial charge in [0.25, 0.3) is 0 Å². The van der Waals surface area contributed by atoms with Gasteiger partial charge in [-0.3, -0.25) is 4.40 Å². The van der Waals surface area contributed by atoms with Crippen LogP contribution in [0.2, 0.25) is 0 Å². The van der Waals surface area contributed by atoms with E-state index in [1.165, 1.54) is 4.88 Å². The summed E-state index contributed by atoms with van der Waals surface area (Å²) in [6, 6.07) is 8.12. The minimum absolute atomic E-state index is 0.593. The van der Waals surface area contributed by atoms with Gasteiger partial charge in [-0.05, 0) is 18.2 Å². The first-order chi connectivity index (χ1) is 6.88. The van der Waals surface area contributed by atoms with E-state index in [9.17, 15) is 0 Å². The topological polar surface area (TPSA) is 43.3 Å². The Morgan fingerprint density at radius 3 is 3.21 bits per heavy atom. The number of nitrogens with zero attached hydrogens (tertiary/aromatic N) is 2. The van der Waals surface area contributed by atoms with Crippen LogP contribution in [0.3, 0.4) is 0 Å². The van der Waals surface area contributed by atoms with Gasteiger partial charge in [0.1, 0.15) is 10.5 Å². The van der Waals surface area contributed by atoms with Crippen LogP contribution in [0.15, 0.2) is 30.5 Å². The number of fused-ring (bicyclic) bond motifs is 3. The highest BCUT2D eigenvalue weighted by molar-refractivity contribution is 7.18. The van der Waals surface area contributed by atoms with E-state index in [1.807, 2.05) is 24.4 Å². The molecule has 0 aliphatic carbocycles. The summed E-state index contributed by atoms with van der Waals surface area (Å²) in [6.45, 7) is 0.593. The summed E-state index contributed by atoms with van der Waals surface area (Å²) in [5.74, 6) is 0. The molecule has 4 heteroatoms. The number of imidazole rings is 1. The summed E-state index contributed by atoms with van der Waals surface area (Å²) in [4.78, 5) is 6.76. The average molecular weight is 203 g/mol. The van der Waals surface area contributed by atoms with Crippen LogP contribution >= 0.6 is 11.3 Å². The number of nitrogens with two attached hydrogens (primary N) is 1. The van der Waals surface area contributed by atoms with E-state index in [-0.39, 0.29) is 0 Å². The molecule has 3 rings (SSSR count). The Morgan fingerprint density at radius 2 is 2.36 bits per heavy atom. The Balaban J connectivity index is 2.45. The zero-order valence-electron chi connectivity index (χ0n) is 7.47. The Bertz CT molecular complexity index is 593. The summed E-state index contributed by atoms with van der Waals surface area (Å²) >= 11 is 1.67. The number of aromatic nitrogens is 2. The predicted octanol–water partition coefficient (Wildman–Crippen LogP) is 2.01. The molecule has 14 heavy (non-hydrogen) atoms. The van der Waals surface area contributed by atoms with Gasteiger partial charge in [-0.1, -0.05) is 6.07 Å². The number of pyridine rings is 1. The molecule has 70 valence electrons. The molecule has 0 aliphatic rings. The molecule has 3 heterocycles. The van der Waals surface area contributed by atoms with Crippen molar-refractivity contribution in [1.29, 1.82) is 0 Å². The van der Waals surface area contributed by atoms with Crippen LogP contribution in [0.1, 0.15) is 4.88 Å². The van der Waals surface area contributed by atoms with Crippen LogP contribution in [0.4, 0.5) is 0 Å². The van der Waals surface area contributed by atoms with Crippen molar-refractivity contribution in [3.8, 4) is 0 Å². The van der Waals surface area contributed by atoms with Crippen molar-refractivity contribution >= 4 is 27.3 Å². The lowest BCUT2D eigenvalue weighted by Crippen LogP contribution is -1.91. The Kier molecular flexibility index (Phi) is 1.59. The Hall–Kier alpha value is -1.39. The maximum Gasteiger partial charge on any atom is 0.142 e. The zero-order valence-corrected chi connectivity index (χ0v) is 8.29. The van der Waals surface area contributed by atoms with E-state index < -0.39 is 0 Å². The van der Waals surface area contributed by atoms with Gasteiger partial charge in [0.2, 0.25) is 0 Å². The van der Waals surface area contributed by atoms with Crippen LogP contribution in [0, 0.1) is 0 Å². The lowest BCUT2D eigenvalue weighted by molar-refractivity contribution is 1.11. The van der Waals surface area contributed by atoms with Crippen LogP contribution in [-0.2, 0) is 6.54 Å². The van der Waals surface area contributed by atoms with Crippen molar-refractivity contribution in [2.24, 2.45) is 5.73 Å². The van der Waals surface area contributed by atoms with Crippen molar-refractivity contribution in [3.05, 3.63) is 35.3 Å². The molecule has 0 spiro atoms. The van der Waals surface area contributed by atoms with E-state index in [0.717, 1.165) is 16.0 Å². The molecule has 0 bridgehead atoms. The highest BCUT2D eigenvalue weighted by Crippen LogP contribution is 2.25. The van der Waals surface area contributed by atoms with Gasteiger partial charge in [-0.2, -0.15) is 0 Å². The van der Waals surface area contributed by atoms with E-state index in [4.69, 9.17) is 5.73 Å². The maximum absolute atomic E-state index is 5.59. The normalized spacial score (nSPS) is 11.5. The first-order valence-electron chi connectivity index (χ1n) is 4.44. The summed E-state index contributed by atoms with van der Waals surface area (Å²) in [5, 5.41) is 0. The molecule has 3 aromatic rings. The van der Waals surface area contributed by atoms with E-state index >= 15 is 0 Å². The summed E-state index contributed by atoms with van der Waals surface area (Å²) < 4.78 is 2.09. The number of rotatable bonds is 1. The molecule has 0 aromatic carbocycles. The van der Waals surface area contributed by atoms with Crippen LogP contribution < -0.4 is 5.73 Å². The van der Waals surface area contributed by atoms with E-state index in [2.05, 4.69) is 15.5 Å². The van der Waals surface area contributed by atoms with Crippen molar-refractivity contribution in [3.63, 3.8) is 0 Å². The van der Waals surface area contributed by atoms with Crippen molar-refractivity contribution in [1.82, 2.24) is 9.38 Å². The van der Waals surface area contributed by atoms with Gasteiger partial charge in [-0.25, -0.2) is 4.98 Å². The molecule has 0 saturated heterocycles. The van der Waals surface area contributed by atoms with Gasteiger partial charge >= 0.3 is 0 Å². The second kappa shape index (κ2) is 2.80. The van der Waals surface area contributed by atoms with Crippen molar-refractivity contribution in [2.45, 2.75) is 6.54 Å². The highest BCUT2D eigenvalue weighted by atomic mass is 32.1. The molecule has 0 radical (unpaired) electrons. The second-order valence-corrected chi connectivity index (χ2v) is 4.26. The Morgan fingerprint density at radius 1 is 1.43 bits per heavy atom. The molecule has 0 unspecified atom stereocenters. The molecule has 0 fully saturated rings. The average Bonchev–Trinajstić information content (AvgIpc) is 2.73. The molecule has 2 N–H and O–H groups in total. The molecular formula is C10H9N3S. The molecule has 0 atom stereocenters. The number of hydrogen-bond acceptors (Lipinski definition) is 3. The lowest BCUT2D eigenvalue weighted by atomic mass is 10.4. The van der Waals surface area contributed by atoms with Gasteiger partial charge in [0.15, 0.2) is 0 Å². The number of thiophene rings is 1. The third-order valence-electron chi connectivity index (χ3n) is 2.26. The third-order valence-corrected chi connectivity index (χ3v) is 3.30. The highest BCUT2D eigenvalue weighted by Gasteiger charge is 2.06. The van der Waals surface area contributed by atoms with E-state index in [1.54, 1.807) is 11.3 Å². The molecule has 0 saturated carbocycles. The monoisotopic (exact) mass is 203 g/mol. The minimum Gasteiger partial charge on any atom is -0.326 e. The fraction of sp³-hybridized carbons (Fsp3) is 0.100. The fourth-order valence-corrected chi connectivity index (χ4v) is 2.51. The van der Waals surface area contributed by atoms with Crippen LogP contribution in [-0.4, -0.2) is 9.38 Å². The first-order valence-corrected chi connectivity index (χ1v) is 5.26. The summed E-state index contributed by atoms with van der Waals surface area (Å²) in [5.41, 5.74) is 7.75. The van der Waals surface area contributed by atoms with Crippen molar-refractivity contribution in [2.75, 3.05) is 0 Å². The maximum atomic E-state index is 5.59. The number of hydrogen-bond donors (Lipinski definition) is 1. The Labute approximate surface area is 84.8 Å². The van der Waals surface area contributed by atoms with Crippen LogP contribution in [0.25, 0.3) is 16.0 Å². The second-order valence-electron chi connectivity index (χ2n) is 3.15. The molecular weight excluding hydrogens is 194 g/mol. The smallest absolute Gasteiger partial charge is 0.142 e. The van der Waals surface area contributed by atoms with Gasteiger partial charge in [-0.15, -0.1) is 11.3 Å². The molecule has 0 amide bonds. The first kappa shape index (κ1) is 7.96. The zero-order chi connectivity index (χ0) is 9.54. The standard InChI is InChI=1S/C10H9N3S/c11-6-7-5-8-10(14-7)12-9-3-1-2-4-13(8)9/h1-5H,6,11H2. The molecule has 3 nitrogen and oxygen atoms in total. The minimum atomic E-state index is 0.593. The van der Waals surface area contributed by atoms with E-state index in [0.29, 0.717) is 6.54 Å². The molecule has 3 aromatic heterocycles. The van der Waals surface area contributed by atoms with Gasteiger partial charge in [0, 0.05) is 17.6 Å². The third kappa shape index (κ3) is 0.981. The van der Waals surface area contributed by atoms with Gasteiger partial charge < -0.3 is 5.73 Å².